The van der Waals surface area contributed by atoms with E-state index in [2.05, 4.69) is 25.9 Å². The van der Waals surface area contributed by atoms with E-state index in [4.69, 9.17) is 5.73 Å². The average Bonchev–Trinajstić information content (AvgIpc) is 2.04. The molecule has 0 radical (unpaired) electrons. The Morgan fingerprint density at radius 1 is 1.73 bits per heavy atom. The smallest absolute Gasteiger partial charge is 0.115 e. The first-order chi connectivity index (χ1) is 5.25. The molecule has 0 saturated heterocycles. The molecule has 1 aromatic rings. The minimum atomic E-state index is 0.285. The summed E-state index contributed by atoms with van der Waals surface area (Å²) in [6.45, 7) is 2.64. The summed E-state index contributed by atoms with van der Waals surface area (Å²) in [4.78, 5) is 7.97. The minimum absolute atomic E-state index is 0.285. The molecule has 2 N–H and O–H groups in total. The van der Waals surface area contributed by atoms with Gasteiger partial charge in [0, 0.05) is 18.7 Å². The van der Waals surface area contributed by atoms with Gasteiger partial charge in [0.05, 0.1) is 10.2 Å². The molecule has 1 aromatic heterocycles. The molecule has 1 unspecified atom stereocenters. The van der Waals surface area contributed by atoms with E-state index in [1.165, 1.54) is 6.33 Å². The zero-order valence-corrected chi connectivity index (χ0v) is 7.87. The first-order valence-electron chi connectivity index (χ1n) is 3.41. The van der Waals surface area contributed by atoms with Crippen LogP contribution in [0, 0.1) is 0 Å². The van der Waals surface area contributed by atoms with Gasteiger partial charge < -0.3 is 5.73 Å². The van der Waals surface area contributed by atoms with Crippen LogP contribution in [0.1, 0.15) is 18.5 Å². The van der Waals surface area contributed by atoms with E-state index in [1.807, 2.05) is 6.92 Å². The largest absolute Gasteiger partial charge is 0.330 e. The van der Waals surface area contributed by atoms with Crippen LogP contribution in [0.4, 0.5) is 0 Å². The Hall–Kier alpha value is -0.480. The highest BCUT2D eigenvalue weighted by molar-refractivity contribution is 9.10. The van der Waals surface area contributed by atoms with Crippen LogP contribution < -0.4 is 5.73 Å². The Labute approximate surface area is 74.2 Å². The Bertz CT molecular complexity index is 239. The molecule has 3 nitrogen and oxygen atoms in total. The van der Waals surface area contributed by atoms with Crippen LogP contribution in [0.15, 0.2) is 17.0 Å². The Morgan fingerprint density at radius 2 is 2.45 bits per heavy atom. The molecule has 60 valence electrons. The van der Waals surface area contributed by atoms with E-state index in [1.54, 1.807) is 6.20 Å². The highest BCUT2D eigenvalue weighted by atomic mass is 79.9. The van der Waals surface area contributed by atoms with Gasteiger partial charge in [0.15, 0.2) is 0 Å². The summed E-state index contributed by atoms with van der Waals surface area (Å²) < 4.78 is 0.929. The van der Waals surface area contributed by atoms with Crippen LogP contribution in [0.3, 0.4) is 0 Å². The Balaban J connectivity index is 2.93. The average molecular weight is 216 g/mol. The number of nitrogens with zero attached hydrogens (tertiary/aromatic N) is 2. The maximum absolute atomic E-state index is 5.49. The molecule has 0 aliphatic heterocycles. The van der Waals surface area contributed by atoms with Crippen molar-refractivity contribution >= 4 is 15.9 Å². The maximum atomic E-state index is 5.49. The van der Waals surface area contributed by atoms with E-state index < -0.39 is 0 Å². The van der Waals surface area contributed by atoms with Gasteiger partial charge in [0.25, 0.3) is 0 Å². The fourth-order valence-electron chi connectivity index (χ4n) is 0.796. The molecule has 0 spiro atoms. The van der Waals surface area contributed by atoms with Gasteiger partial charge >= 0.3 is 0 Å². The normalized spacial score (nSPS) is 13.0. The molecule has 0 amide bonds. The van der Waals surface area contributed by atoms with Gasteiger partial charge in [-0.25, -0.2) is 9.97 Å². The summed E-state index contributed by atoms with van der Waals surface area (Å²) in [5, 5.41) is 0. The second-order valence-corrected chi connectivity index (χ2v) is 3.25. The van der Waals surface area contributed by atoms with E-state index in [-0.39, 0.29) is 5.92 Å². The van der Waals surface area contributed by atoms with Crippen LogP contribution in [0.2, 0.25) is 0 Å². The lowest BCUT2D eigenvalue weighted by molar-refractivity contribution is 0.735. The summed E-state index contributed by atoms with van der Waals surface area (Å²) in [5.74, 6) is 0.285. The predicted octanol–water partition coefficient (Wildman–Crippen LogP) is 1.30. The zero-order valence-electron chi connectivity index (χ0n) is 6.29. The molecule has 0 aliphatic rings. The quantitative estimate of drug-likeness (QED) is 0.810. The molecular weight excluding hydrogens is 206 g/mol. The first-order valence-corrected chi connectivity index (χ1v) is 4.20. The first kappa shape index (κ1) is 8.62. The summed E-state index contributed by atoms with van der Waals surface area (Å²) in [7, 11) is 0. The van der Waals surface area contributed by atoms with E-state index in [0.717, 1.165) is 10.2 Å². The van der Waals surface area contributed by atoms with Crippen molar-refractivity contribution in [3.8, 4) is 0 Å². The topological polar surface area (TPSA) is 51.8 Å². The molecule has 11 heavy (non-hydrogen) atoms. The van der Waals surface area contributed by atoms with Crippen molar-refractivity contribution in [1.82, 2.24) is 9.97 Å². The van der Waals surface area contributed by atoms with Crippen molar-refractivity contribution in [3.63, 3.8) is 0 Å². The molecular formula is C7H10BrN3. The second kappa shape index (κ2) is 3.78. The molecule has 1 rings (SSSR count). The van der Waals surface area contributed by atoms with Crippen molar-refractivity contribution < 1.29 is 0 Å². The van der Waals surface area contributed by atoms with Crippen LogP contribution in [0.25, 0.3) is 0 Å². The lowest BCUT2D eigenvalue weighted by Crippen LogP contribution is -2.11. The fourth-order valence-corrected chi connectivity index (χ4v) is 1.41. The standard InChI is InChI=1S/C7H10BrN3/c1-5(2-9)7-6(8)3-10-4-11-7/h3-5H,2,9H2,1H3. The number of nitrogens with two attached hydrogens (primary N) is 1. The third-order valence-electron chi connectivity index (χ3n) is 1.52. The molecule has 4 heteroatoms. The Kier molecular flexibility index (Phi) is 2.96. The molecule has 1 atom stereocenters. The molecule has 0 aromatic carbocycles. The lowest BCUT2D eigenvalue weighted by Gasteiger charge is -2.07. The summed E-state index contributed by atoms with van der Waals surface area (Å²) in [6, 6.07) is 0. The van der Waals surface area contributed by atoms with Crippen molar-refractivity contribution in [2.75, 3.05) is 6.54 Å². The van der Waals surface area contributed by atoms with Gasteiger partial charge in [-0.15, -0.1) is 0 Å². The molecule has 0 saturated carbocycles. The Morgan fingerprint density at radius 3 is 3.00 bits per heavy atom. The summed E-state index contributed by atoms with van der Waals surface area (Å²) in [6.07, 6.45) is 3.26. The molecule has 0 fully saturated rings. The zero-order chi connectivity index (χ0) is 8.27. The number of hydrogen-bond donors (Lipinski definition) is 1. The van der Waals surface area contributed by atoms with Crippen LogP contribution in [-0.4, -0.2) is 16.5 Å². The summed E-state index contributed by atoms with van der Waals surface area (Å²) >= 11 is 3.36. The van der Waals surface area contributed by atoms with Gasteiger partial charge in [0.2, 0.25) is 0 Å². The van der Waals surface area contributed by atoms with Crippen molar-refractivity contribution in [1.29, 1.82) is 0 Å². The lowest BCUT2D eigenvalue weighted by atomic mass is 10.1. The van der Waals surface area contributed by atoms with Crippen molar-refractivity contribution in [3.05, 3.63) is 22.7 Å². The third-order valence-corrected chi connectivity index (χ3v) is 2.13. The number of rotatable bonds is 2. The van der Waals surface area contributed by atoms with Crippen LogP contribution >= 0.6 is 15.9 Å². The van der Waals surface area contributed by atoms with E-state index in [9.17, 15) is 0 Å². The highest BCUT2D eigenvalue weighted by Crippen LogP contribution is 2.19. The number of halogens is 1. The SMILES string of the molecule is CC(CN)c1ncncc1Br. The van der Waals surface area contributed by atoms with Crippen molar-refractivity contribution in [2.45, 2.75) is 12.8 Å². The van der Waals surface area contributed by atoms with Crippen LogP contribution in [-0.2, 0) is 0 Å². The van der Waals surface area contributed by atoms with Crippen molar-refractivity contribution in [2.24, 2.45) is 5.73 Å². The van der Waals surface area contributed by atoms with Gasteiger partial charge in [-0.2, -0.15) is 0 Å². The van der Waals surface area contributed by atoms with E-state index >= 15 is 0 Å². The second-order valence-electron chi connectivity index (χ2n) is 2.39. The fraction of sp³-hybridized carbons (Fsp3) is 0.429. The number of aromatic nitrogens is 2. The van der Waals surface area contributed by atoms with Gasteiger partial charge in [-0.05, 0) is 15.9 Å². The molecule has 1 heterocycles. The molecule has 0 aliphatic carbocycles. The predicted molar refractivity (Wildman–Crippen MR) is 47.2 cm³/mol. The van der Waals surface area contributed by atoms with Gasteiger partial charge in [0.1, 0.15) is 6.33 Å². The maximum Gasteiger partial charge on any atom is 0.115 e. The number of hydrogen-bond acceptors (Lipinski definition) is 3. The van der Waals surface area contributed by atoms with Gasteiger partial charge in [-0.3, -0.25) is 0 Å². The van der Waals surface area contributed by atoms with E-state index in [0.29, 0.717) is 6.54 Å². The monoisotopic (exact) mass is 215 g/mol. The highest BCUT2D eigenvalue weighted by Gasteiger charge is 2.07. The molecule has 0 bridgehead atoms. The third kappa shape index (κ3) is 1.97. The van der Waals surface area contributed by atoms with Gasteiger partial charge in [-0.1, -0.05) is 6.92 Å². The minimum Gasteiger partial charge on any atom is -0.330 e. The summed E-state index contributed by atoms with van der Waals surface area (Å²) in [5.41, 5.74) is 6.47. The van der Waals surface area contributed by atoms with Crippen LogP contribution in [0.5, 0.6) is 0 Å².